The molecule has 0 bridgehead atoms. The van der Waals surface area contributed by atoms with E-state index in [0.717, 1.165) is 5.69 Å². The minimum atomic E-state index is -0.465. The Balaban J connectivity index is 1.56. The lowest BCUT2D eigenvalue weighted by Crippen LogP contribution is -2.37. The van der Waals surface area contributed by atoms with E-state index in [1.807, 2.05) is 0 Å². The summed E-state index contributed by atoms with van der Waals surface area (Å²) in [7, 11) is 0. The molecule has 0 atom stereocenters. The van der Waals surface area contributed by atoms with E-state index in [1.165, 1.54) is 0 Å². The van der Waals surface area contributed by atoms with E-state index in [4.69, 9.17) is 37.1 Å². The maximum atomic E-state index is 12.8. The zero-order valence-corrected chi connectivity index (χ0v) is 19.4. The largest absolute Gasteiger partial charge is 0.462 e. The Morgan fingerprint density at radius 1 is 1.09 bits per heavy atom. The van der Waals surface area contributed by atoms with Gasteiger partial charge in [0.05, 0.1) is 41.1 Å². The molecule has 0 unspecified atom stereocenters. The number of carbonyl (C=O) groups is 2. The second-order valence-electron chi connectivity index (χ2n) is 7.27. The van der Waals surface area contributed by atoms with Crippen molar-refractivity contribution in [3.63, 3.8) is 0 Å². The van der Waals surface area contributed by atoms with Crippen molar-refractivity contribution in [1.82, 2.24) is 0 Å². The Morgan fingerprint density at radius 2 is 1.88 bits per heavy atom. The molecule has 1 aliphatic rings. The third-order valence-electron chi connectivity index (χ3n) is 5.15. The summed E-state index contributed by atoms with van der Waals surface area (Å²) in [4.78, 5) is 27.5. The molecule has 172 valence electrons. The lowest BCUT2D eigenvalue weighted by Gasteiger charge is -2.30. The number of morpholine rings is 1. The molecule has 3 aromatic rings. The fourth-order valence-corrected chi connectivity index (χ4v) is 3.95. The number of amides is 1. The number of anilines is 2. The van der Waals surface area contributed by atoms with Crippen LogP contribution in [0, 0.1) is 0 Å². The molecule has 1 saturated heterocycles. The van der Waals surface area contributed by atoms with Crippen molar-refractivity contribution in [2.24, 2.45) is 0 Å². The highest BCUT2D eigenvalue weighted by atomic mass is 35.5. The van der Waals surface area contributed by atoms with E-state index in [-0.39, 0.29) is 12.4 Å². The second-order valence-corrected chi connectivity index (χ2v) is 8.06. The number of esters is 1. The topological polar surface area (TPSA) is 81.0 Å². The molecular formula is C24H22Cl2N2O5. The summed E-state index contributed by atoms with van der Waals surface area (Å²) < 4.78 is 16.3. The number of furan rings is 1. The minimum Gasteiger partial charge on any atom is -0.462 e. The molecular weight excluding hydrogens is 467 g/mol. The Hall–Kier alpha value is -3.00. The van der Waals surface area contributed by atoms with Gasteiger partial charge in [-0.2, -0.15) is 0 Å². The maximum Gasteiger partial charge on any atom is 0.340 e. The van der Waals surface area contributed by atoms with Crippen LogP contribution in [-0.4, -0.2) is 44.8 Å². The Morgan fingerprint density at radius 3 is 2.64 bits per heavy atom. The third-order valence-corrected chi connectivity index (χ3v) is 5.97. The van der Waals surface area contributed by atoms with E-state index in [0.29, 0.717) is 58.9 Å². The normalized spacial score (nSPS) is 13.6. The average molecular weight is 489 g/mol. The SMILES string of the molecule is CCOC(=O)c1cc(NC(=O)c2ccc(-c3cccc(Cl)c3Cl)o2)ccc1N1CCOCC1. The van der Waals surface area contributed by atoms with E-state index < -0.39 is 11.9 Å². The van der Waals surface area contributed by atoms with Crippen molar-refractivity contribution in [2.45, 2.75) is 6.92 Å². The first-order chi connectivity index (χ1) is 16.0. The number of ether oxygens (including phenoxy) is 2. The average Bonchev–Trinajstić information content (AvgIpc) is 3.32. The second kappa shape index (κ2) is 10.3. The van der Waals surface area contributed by atoms with Gasteiger partial charge in [-0.3, -0.25) is 4.79 Å². The fraction of sp³-hybridized carbons (Fsp3) is 0.250. The number of rotatable bonds is 6. The predicted octanol–water partition coefficient (Wildman–Crippen LogP) is 5.52. The van der Waals surface area contributed by atoms with Gasteiger partial charge in [-0.1, -0.05) is 29.3 Å². The number of carbonyl (C=O) groups excluding carboxylic acids is 2. The van der Waals surface area contributed by atoms with Crippen LogP contribution >= 0.6 is 23.2 Å². The molecule has 0 saturated carbocycles. The Labute approximate surface area is 201 Å². The first kappa shape index (κ1) is 23.2. The molecule has 2 aromatic carbocycles. The third kappa shape index (κ3) is 5.16. The molecule has 9 heteroatoms. The van der Waals surface area contributed by atoms with Crippen LogP contribution in [0.2, 0.25) is 10.0 Å². The van der Waals surface area contributed by atoms with Crippen molar-refractivity contribution in [3.05, 3.63) is 69.9 Å². The van der Waals surface area contributed by atoms with Gasteiger partial charge in [0.25, 0.3) is 5.91 Å². The van der Waals surface area contributed by atoms with Crippen molar-refractivity contribution in [2.75, 3.05) is 43.1 Å². The first-order valence-electron chi connectivity index (χ1n) is 10.5. The van der Waals surface area contributed by atoms with Gasteiger partial charge in [-0.25, -0.2) is 4.79 Å². The number of benzene rings is 2. The molecule has 1 aliphatic heterocycles. The van der Waals surface area contributed by atoms with Crippen molar-refractivity contribution in [3.8, 4) is 11.3 Å². The summed E-state index contributed by atoms with van der Waals surface area (Å²) in [6.45, 7) is 4.49. The van der Waals surface area contributed by atoms with Gasteiger partial charge in [0.15, 0.2) is 5.76 Å². The minimum absolute atomic E-state index is 0.0935. The predicted molar refractivity (Wildman–Crippen MR) is 128 cm³/mol. The van der Waals surface area contributed by atoms with E-state index in [1.54, 1.807) is 55.5 Å². The lowest BCUT2D eigenvalue weighted by atomic mass is 10.1. The van der Waals surface area contributed by atoms with E-state index in [2.05, 4.69) is 10.2 Å². The van der Waals surface area contributed by atoms with Crippen molar-refractivity contribution < 1.29 is 23.5 Å². The number of nitrogens with one attached hydrogen (secondary N) is 1. The van der Waals surface area contributed by atoms with Crippen molar-refractivity contribution in [1.29, 1.82) is 0 Å². The summed E-state index contributed by atoms with van der Waals surface area (Å²) >= 11 is 12.3. The van der Waals surface area contributed by atoms with Crippen LogP contribution in [0.1, 0.15) is 27.8 Å². The van der Waals surface area contributed by atoms with Gasteiger partial charge < -0.3 is 24.1 Å². The van der Waals surface area contributed by atoms with Gasteiger partial charge in [0, 0.05) is 24.3 Å². The molecule has 0 aliphatic carbocycles. The Kier molecular flexibility index (Phi) is 7.23. The zero-order valence-electron chi connectivity index (χ0n) is 17.9. The van der Waals surface area contributed by atoms with Crippen LogP contribution < -0.4 is 10.2 Å². The lowest BCUT2D eigenvalue weighted by molar-refractivity contribution is 0.0526. The van der Waals surface area contributed by atoms with Gasteiger partial charge in [-0.05, 0) is 49.4 Å². The van der Waals surface area contributed by atoms with Crippen LogP contribution in [-0.2, 0) is 9.47 Å². The zero-order chi connectivity index (χ0) is 23.4. The van der Waals surface area contributed by atoms with Gasteiger partial charge in [0.2, 0.25) is 0 Å². The highest BCUT2D eigenvalue weighted by Gasteiger charge is 2.21. The van der Waals surface area contributed by atoms with Crippen LogP contribution in [0.5, 0.6) is 0 Å². The number of hydrogen-bond donors (Lipinski definition) is 1. The van der Waals surface area contributed by atoms with Crippen LogP contribution in [0.4, 0.5) is 11.4 Å². The monoisotopic (exact) mass is 488 g/mol. The van der Waals surface area contributed by atoms with Crippen LogP contribution in [0.25, 0.3) is 11.3 Å². The summed E-state index contributed by atoms with van der Waals surface area (Å²) in [6.07, 6.45) is 0. The molecule has 1 fully saturated rings. The number of halogens is 2. The quantitative estimate of drug-likeness (QED) is 0.460. The molecule has 4 rings (SSSR count). The number of nitrogens with zero attached hydrogens (tertiary/aromatic N) is 1. The van der Waals surface area contributed by atoms with Gasteiger partial charge in [-0.15, -0.1) is 0 Å². The number of hydrogen-bond acceptors (Lipinski definition) is 6. The molecule has 1 aromatic heterocycles. The summed E-state index contributed by atoms with van der Waals surface area (Å²) in [5.41, 5.74) is 2.15. The standard InChI is InChI=1S/C24H22Cl2N2O5/c1-2-32-24(30)17-14-15(6-7-19(17)28-10-12-31-13-11-28)27-23(29)21-9-8-20(33-21)16-4-3-5-18(25)22(16)26/h3-9,14H,2,10-13H2,1H3,(H,27,29). The molecule has 0 radical (unpaired) electrons. The van der Waals surface area contributed by atoms with Gasteiger partial charge >= 0.3 is 5.97 Å². The highest BCUT2D eigenvalue weighted by molar-refractivity contribution is 6.43. The summed E-state index contributed by atoms with van der Waals surface area (Å²) in [5.74, 6) is -0.405. The molecule has 0 spiro atoms. The Bertz CT molecular complexity index is 1170. The van der Waals surface area contributed by atoms with Crippen LogP contribution in [0.3, 0.4) is 0 Å². The maximum absolute atomic E-state index is 12.8. The molecule has 33 heavy (non-hydrogen) atoms. The first-order valence-corrected chi connectivity index (χ1v) is 11.2. The van der Waals surface area contributed by atoms with E-state index in [9.17, 15) is 9.59 Å². The van der Waals surface area contributed by atoms with E-state index >= 15 is 0 Å². The molecule has 1 N–H and O–H groups in total. The fourth-order valence-electron chi connectivity index (χ4n) is 3.56. The molecule has 7 nitrogen and oxygen atoms in total. The summed E-state index contributed by atoms with van der Waals surface area (Å²) in [6, 6.07) is 13.5. The van der Waals surface area contributed by atoms with Gasteiger partial charge in [0.1, 0.15) is 5.76 Å². The highest BCUT2D eigenvalue weighted by Crippen LogP contribution is 2.34. The molecule has 2 heterocycles. The smallest absolute Gasteiger partial charge is 0.340 e. The summed E-state index contributed by atoms with van der Waals surface area (Å²) in [5, 5.41) is 3.51. The molecule has 1 amide bonds. The van der Waals surface area contributed by atoms with Crippen LogP contribution in [0.15, 0.2) is 52.9 Å². The van der Waals surface area contributed by atoms with Crippen molar-refractivity contribution >= 4 is 46.5 Å².